The van der Waals surface area contributed by atoms with E-state index in [-0.39, 0.29) is 0 Å². The zero-order valence-corrected chi connectivity index (χ0v) is 71.9. The standard InChI is InChI=1S/2C12H14O.2C11H12O.6C10H10O/c1-4-10-9(3)13-12-8(2)6-5-7-11(10)12;1-3-9-6-5-7-12-11(9)8-10(4-2)13-12;1-7-4-5-10-8(2)9(3)12-11(10)6-7;1-3-10-7-9-6-4-5-8(2)11(9)12-10;1-7-3-4-10-9(5-7)8(2)6-11-10;2*1-7-3-4-10-9(5-7)6-8(2)11-10;1-7-4-3-5-10-9(7)6-8(2)11-10;1-7-4-3-5-9-8(2)6-11-10(7)9;1-7-4-3-5-9-6-8(2)11-10(7)9/h5-7H,4H2,1-3H3;5-8H,3-4H2,1-2H3;4-6H,1-3H3;4-7H,3H2,1-2H3;6*3-6H,1-2H3. The maximum absolute atomic E-state index is 5.72. The molecule has 0 saturated carbocycles. The van der Waals surface area contributed by atoms with E-state index in [1.807, 2.05) is 84.0 Å². The Kier molecular flexibility index (Phi) is 28.1. The molecule has 0 spiro atoms. The molecule has 10 aromatic heterocycles. The van der Waals surface area contributed by atoms with E-state index in [9.17, 15) is 0 Å². The maximum Gasteiger partial charge on any atom is 0.137 e. The van der Waals surface area contributed by atoms with Gasteiger partial charge in [0, 0.05) is 72.3 Å². The zero-order valence-electron chi connectivity index (χ0n) is 71.9. The Hall–Kier alpha value is -12.4. The van der Waals surface area contributed by atoms with Crippen LogP contribution in [0, 0.1) is 125 Å². The summed E-state index contributed by atoms with van der Waals surface area (Å²) in [6, 6.07) is 74.7. The first-order chi connectivity index (χ1) is 55.7. The van der Waals surface area contributed by atoms with Crippen molar-refractivity contribution >= 4 is 110 Å². The molecular weight excluding hydrogens is 1430 g/mol. The molecule has 10 nitrogen and oxygen atoms in total. The Bertz CT molecular complexity index is 6450. The Balaban J connectivity index is 0.000000127. The predicted octanol–water partition coefficient (Wildman–Crippen LogP) is 32.1. The van der Waals surface area contributed by atoms with E-state index in [1.165, 1.54) is 132 Å². The Morgan fingerprint density at radius 3 is 1.27 bits per heavy atom. The Morgan fingerprint density at radius 1 is 0.224 bits per heavy atom. The van der Waals surface area contributed by atoms with Gasteiger partial charge in [0.05, 0.1) is 12.5 Å². The van der Waals surface area contributed by atoms with Gasteiger partial charge < -0.3 is 44.2 Å². The Morgan fingerprint density at radius 2 is 0.681 bits per heavy atom. The van der Waals surface area contributed by atoms with E-state index >= 15 is 0 Å². The van der Waals surface area contributed by atoms with Crippen molar-refractivity contribution < 1.29 is 44.2 Å². The molecule has 0 fully saturated rings. The van der Waals surface area contributed by atoms with Gasteiger partial charge in [0.1, 0.15) is 102 Å². The summed E-state index contributed by atoms with van der Waals surface area (Å²) in [6.07, 6.45) is 7.65. The van der Waals surface area contributed by atoms with Crippen molar-refractivity contribution in [1.82, 2.24) is 0 Å². The highest BCUT2D eigenvalue weighted by Crippen LogP contribution is 2.32. The first-order valence-electron chi connectivity index (χ1n) is 40.3. The van der Waals surface area contributed by atoms with Gasteiger partial charge in [-0.05, 0) is 284 Å². The molecule has 0 aliphatic heterocycles. The number of para-hydroxylation sites is 4. The third-order valence-corrected chi connectivity index (χ3v) is 20.7. The molecule has 0 radical (unpaired) electrons. The molecular formula is C106H112O10. The van der Waals surface area contributed by atoms with Gasteiger partial charge in [0.25, 0.3) is 0 Å². The van der Waals surface area contributed by atoms with E-state index < -0.39 is 0 Å². The molecule has 10 heterocycles. The molecule has 596 valence electrons. The van der Waals surface area contributed by atoms with Crippen LogP contribution < -0.4 is 0 Å². The lowest BCUT2D eigenvalue weighted by molar-refractivity contribution is 0.555. The molecule has 116 heavy (non-hydrogen) atoms. The molecule has 0 bridgehead atoms. The molecule has 20 aromatic rings. The van der Waals surface area contributed by atoms with Crippen LogP contribution in [0.25, 0.3) is 110 Å². The van der Waals surface area contributed by atoms with Crippen LogP contribution in [0.15, 0.2) is 275 Å². The van der Waals surface area contributed by atoms with Gasteiger partial charge in [-0.25, -0.2) is 0 Å². The van der Waals surface area contributed by atoms with Crippen LogP contribution in [0.5, 0.6) is 0 Å². The fourth-order valence-corrected chi connectivity index (χ4v) is 14.3. The normalized spacial score (nSPS) is 10.8. The van der Waals surface area contributed by atoms with Crippen molar-refractivity contribution in [1.29, 1.82) is 0 Å². The SMILES string of the molecule is CCc1c(C)oc2c(C)cccc12.CCc1cc2c(CC)cccc2o1.CCc1cc2cccc(C)c2o1.Cc1cc2c(C)cccc2o1.Cc1cc2cccc(C)c2o1.Cc1ccc2c(C)c(C)oc2c1.Cc1ccc2oc(C)cc2c1.Cc1ccc2oc(C)cc2c1.Cc1ccc2occ(C)c2c1.Cc1coc2c(C)cccc12. The second-order valence-electron chi connectivity index (χ2n) is 30.3. The predicted molar refractivity (Wildman–Crippen MR) is 485 cm³/mol. The zero-order chi connectivity index (χ0) is 83.0. The highest BCUT2D eigenvalue weighted by molar-refractivity contribution is 5.88. The fraction of sp³-hybridized carbons (Fsp3) is 0.245. The third kappa shape index (κ3) is 20.9. The monoisotopic (exact) mass is 1540 g/mol. The summed E-state index contributed by atoms with van der Waals surface area (Å²) in [5.74, 6) is 8.15. The van der Waals surface area contributed by atoms with Crippen LogP contribution in [0.2, 0.25) is 0 Å². The second kappa shape index (κ2) is 38.6. The largest absolute Gasteiger partial charge is 0.464 e. The highest BCUT2D eigenvalue weighted by Gasteiger charge is 2.12. The summed E-state index contributed by atoms with van der Waals surface area (Å²) < 4.78 is 55.1. The number of furan rings is 10. The van der Waals surface area contributed by atoms with Crippen LogP contribution in [-0.2, 0) is 25.7 Å². The summed E-state index contributed by atoms with van der Waals surface area (Å²) in [6.45, 7) is 45.4. The molecule has 10 aromatic carbocycles. The minimum absolute atomic E-state index is 0.966. The fourth-order valence-electron chi connectivity index (χ4n) is 14.3. The van der Waals surface area contributed by atoms with Crippen molar-refractivity contribution in [3.8, 4) is 0 Å². The summed E-state index contributed by atoms with van der Waals surface area (Å²) in [7, 11) is 0. The molecule has 0 aliphatic carbocycles. The molecule has 10 heteroatoms. The van der Waals surface area contributed by atoms with E-state index in [0.29, 0.717) is 0 Å². The smallest absolute Gasteiger partial charge is 0.137 e. The molecule has 0 saturated heterocycles. The number of benzene rings is 10. The minimum atomic E-state index is 0.966. The summed E-state index contributed by atoms with van der Waals surface area (Å²) in [5.41, 5.74) is 27.7. The number of hydrogen-bond acceptors (Lipinski definition) is 10. The first kappa shape index (κ1) is 84.5. The number of fused-ring (bicyclic) bond motifs is 10. The average Bonchev–Trinajstić information content (AvgIpc) is 1.60. The van der Waals surface area contributed by atoms with Crippen LogP contribution in [0.4, 0.5) is 0 Å². The van der Waals surface area contributed by atoms with Crippen molar-refractivity contribution in [2.45, 2.75) is 178 Å². The molecule has 0 amide bonds. The van der Waals surface area contributed by atoms with Crippen molar-refractivity contribution in [2.75, 3.05) is 0 Å². The van der Waals surface area contributed by atoms with E-state index in [1.54, 1.807) is 12.5 Å². The molecule has 20 rings (SSSR count). The highest BCUT2D eigenvalue weighted by atomic mass is 16.4. The molecule has 0 unspecified atom stereocenters. The van der Waals surface area contributed by atoms with Crippen molar-refractivity contribution in [3.05, 3.63) is 355 Å². The quantitative estimate of drug-likeness (QED) is 0.168. The van der Waals surface area contributed by atoms with Crippen LogP contribution >= 0.6 is 0 Å². The third-order valence-electron chi connectivity index (χ3n) is 20.7. The lowest BCUT2D eigenvalue weighted by atomic mass is 10.1. The van der Waals surface area contributed by atoms with E-state index in [0.717, 1.165) is 128 Å². The van der Waals surface area contributed by atoms with Gasteiger partial charge in [-0.15, -0.1) is 0 Å². The molecule has 0 aliphatic rings. The van der Waals surface area contributed by atoms with Crippen LogP contribution in [0.1, 0.15) is 152 Å². The summed E-state index contributed by atoms with van der Waals surface area (Å²) in [5, 5.41) is 12.3. The second-order valence-corrected chi connectivity index (χ2v) is 30.3. The van der Waals surface area contributed by atoms with Crippen molar-refractivity contribution in [2.24, 2.45) is 0 Å². The van der Waals surface area contributed by atoms with Gasteiger partial charge in [-0.3, -0.25) is 0 Å². The van der Waals surface area contributed by atoms with Crippen LogP contribution in [0.3, 0.4) is 0 Å². The number of aryl methyl sites for hydroxylation is 22. The number of hydrogen-bond donors (Lipinski definition) is 0. The topological polar surface area (TPSA) is 131 Å². The summed E-state index contributed by atoms with van der Waals surface area (Å²) >= 11 is 0. The van der Waals surface area contributed by atoms with Crippen molar-refractivity contribution in [3.63, 3.8) is 0 Å². The van der Waals surface area contributed by atoms with E-state index in [4.69, 9.17) is 44.2 Å². The lowest BCUT2D eigenvalue weighted by Gasteiger charge is -1.95. The summed E-state index contributed by atoms with van der Waals surface area (Å²) in [4.78, 5) is 0. The number of rotatable bonds is 4. The average molecular weight is 1550 g/mol. The van der Waals surface area contributed by atoms with Crippen LogP contribution in [-0.4, -0.2) is 0 Å². The van der Waals surface area contributed by atoms with Gasteiger partial charge in [-0.2, -0.15) is 0 Å². The van der Waals surface area contributed by atoms with Gasteiger partial charge >= 0.3 is 0 Å². The molecule has 0 N–H and O–H groups in total. The first-order valence-corrected chi connectivity index (χ1v) is 40.3. The van der Waals surface area contributed by atoms with Gasteiger partial charge in [0.2, 0.25) is 0 Å². The maximum atomic E-state index is 5.72. The lowest BCUT2D eigenvalue weighted by Crippen LogP contribution is -1.79. The Labute approximate surface area is 682 Å². The molecule has 0 atom stereocenters. The van der Waals surface area contributed by atoms with Gasteiger partial charge in [-0.1, -0.05) is 172 Å². The van der Waals surface area contributed by atoms with E-state index in [2.05, 4.69) is 287 Å². The van der Waals surface area contributed by atoms with Gasteiger partial charge in [0.15, 0.2) is 0 Å². The minimum Gasteiger partial charge on any atom is -0.464 e.